The Kier molecular flexibility index (Phi) is 3.87. The number of rotatable bonds is 3. The maximum atomic E-state index is 12.5. The fraction of sp³-hybridized carbons (Fsp3) is 0.600. The molecule has 5 heteroatoms. The predicted molar refractivity (Wildman–Crippen MR) is 82.7 cm³/mol. The maximum Gasteiger partial charge on any atom is 0.235 e. The van der Waals surface area contributed by atoms with Crippen LogP contribution < -0.4 is 10.0 Å². The van der Waals surface area contributed by atoms with Crippen LogP contribution in [0, 0.1) is 0 Å². The lowest BCUT2D eigenvalue weighted by atomic mass is 10.0. The van der Waals surface area contributed by atoms with Crippen LogP contribution in [-0.4, -0.2) is 20.2 Å². The van der Waals surface area contributed by atoms with E-state index in [9.17, 15) is 8.42 Å². The molecule has 0 radical (unpaired) electrons. The van der Waals surface area contributed by atoms with Crippen molar-refractivity contribution in [3.63, 3.8) is 0 Å². The van der Waals surface area contributed by atoms with Crippen molar-refractivity contribution in [2.24, 2.45) is 0 Å². The van der Waals surface area contributed by atoms with Gasteiger partial charge in [-0.1, -0.05) is 31.4 Å². The van der Waals surface area contributed by atoms with E-state index in [-0.39, 0.29) is 5.25 Å². The fourth-order valence-electron chi connectivity index (χ4n) is 3.21. The normalized spacial score (nSPS) is 20.0. The number of para-hydroxylation sites is 1. The molecule has 110 valence electrons. The van der Waals surface area contributed by atoms with Crippen LogP contribution in [-0.2, 0) is 16.4 Å². The van der Waals surface area contributed by atoms with Crippen molar-refractivity contribution in [1.82, 2.24) is 0 Å². The average Bonchev–Trinajstić information content (AvgIpc) is 2.48. The molecule has 4 nitrogen and oxygen atoms in total. The molecule has 2 aliphatic rings. The minimum atomic E-state index is -3.26. The number of fused-ring (bicyclic) bond motifs is 1. The summed E-state index contributed by atoms with van der Waals surface area (Å²) in [4.78, 5) is 0. The molecular weight excluding hydrogens is 272 g/mol. The van der Waals surface area contributed by atoms with Crippen molar-refractivity contribution < 1.29 is 8.42 Å². The zero-order valence-electron chi connectivity index (χ0n) is 11.7. The zero-order chi connectivity index (χ0) is 14.0. The van der Waals surface area contributed by atoms with Crippen LogP contribution in [0.1, 0.15) is 44.1 Å². The van der Waals surface area contributed by atoms with E-state index in [2.05, 4.69) is 16.1 Å². The van der Waals surface area contributed by atoms with Crippen LogP contribution >= 0.6 is 0 Å². The molecule has 0 unspecified atom stereocenters. The molecule has 0 amide bonds. The van der Waals surface area contributed by atoms with Gasteiger partial charge >= 0.3 is 0 Å². The second-order valence-electron chi connectivity index (χ2n) is 5.78. The van der Waals surface area contributed by atoms with Gasteiger partial charge in [0.05, 0.1) is 16.6 Å². The summed E-state index contributed by atoms with van der Waals surface area (Å²) in [7, 11) is -3.26. The Balaban J connectivity index is 1.83. The molecule has 1 saturated carbocycles. The Morgan fingerprint density at radius 3 is 2.70 bits per heavy atom. The third kappa shape index (κ3) is 2.77. The van der Waals surface area contributed by atoms with E-state index in [4.69, 9.17) is 0 Å². The molecular formula is C15H22N2O2S. The highest BCUT2D eigenvalue weighted by Gasteiger charge is 2.28. The van der Waals surface area contributed by atoms with E-state index in [1.165, 1.54) is 5.56 Å². The van der Waals surface area contributed by atoms with Crippen molar-refractivity contribution in [3.8, 4) is 0 Å². The lowest BCUT2D eigenvalue weighted by Gasteiger charge is -2.25. The minimum absolute atomic E-state index is 0.226. The second-order valence-corrected chi connectivity index (χ2v) is 7.74. The zero-order valence-corrected chi connectivity index (χ0v) is 12.5. The number of sulfonamides is 1. The first-order chi connectivity index (χ1) is 9.67. The van der Waals surface area contributed by atoms with Gasteiger partial charge in [-0.2, -0.15) is 0 Å². The van der Waals surface area contributed by atoms with Gasteiger partial charge in [-0.3, -0.25) is 4.72 Å². The molecule has 0 saturated heterocycles. The lowest BCUT2D eigenvalue weighted by molar-refractivity contribution is 0.486. The van der Waals surface area contributed by atoms with E-state index in [1.807, 2.05) is 12.1 Å². The van der Waals surface area contributed by atoms with Crippen LogP contribution in [0.25, 0.3) is 0 Å². The summed E-state index contributed by atoms with van der Waals surface area (Å²) in [5, 5.41) is 3.10. The maximum absolute atomic E-state index is 12.5. The molecule has 1 aliphatic carbocycles. The van der Waals surface area contributed by atoms with Crippen LogP contribution in [0.5, 0.6) is 0 Å². The Labute approximate surface area is 121 Å². The van der Waals surface area contributed by atoms with E-state index < -0.39 is 10.0 Å². The molecule has 1 aliphatic heterocycles. The molecule has 1 aromatic carbocycles. The van der Waals surface area contributed by atoms with E-state index in [0.29, 0.717) is 5.69 Å². The van der Waals surface area contributed by atoms with Crippen molar-refractivity contribution >= 4 is 21.4 Å². The monoisotopic (exact) mass is 294 g/mol. The van der Waals surface area contributed by atoms with Crippen LogP contribution in [0.4, 0.5) is 11.4 Å². The molecule has 0 spiro atoms. The van der Waals surface area contributed by atoms with Gasteiger partial charge < -0.3 is 5.32 Å². The first-order valence-corrected chi connectivity index (χ1v) is 9.09. The van der Waals surface area contributed by atoms with Gasteiger partial charge in [-0.15, -0.1) is 0 Å². The molecule has 1 heterocycles. The van der Waals surface area contributed by atoms with Gasteiger partial charge in [0.2, 0.25) is 10.0 Å². The van der Waals surface area contributed by atoms with Crippen molar-refractivity contribution in [3.05, 3.63) is 23.8 Å². The number of aryl methyl sites for hydroxylation is 1. The summed E-state index contributed by atoms with van der Waals surface area (Å²) in [5.74, 6) is 0. The van der Waals surface area contributed by atoms with Gasteiger partial charge in [-0.25, -0.2) is 8.42 Å². The highest BCUT2D eigenvalue weighted by atomic mass is 32.2. The molecule has 0 bridgehead atoms. The number of hydrogen-bond acceptors (Lipinski definition) is 3. The molecule has 3 rings (SSSR count). The molecule has 0 aromatic heterocycles. The van der Waals surface area contributed by atoms with Crippen molar-refractivity contribution in [2.75, 3.05) is 16.6 Å². The Morgan fingerprint density at radius 2 is 1.90 bits per heavy atom. The first kappa shape index (κ1) is 13.7. The van der Waals surface area contributed by atoms with E-state index in [1.54, 1.807) is 0 Å². The second kappa shape index (κ2) is 5.64. The Morgan fingerprint density at radius 1 is 1.10 bits per heavy atom. The third-order valence-corrected chi connectivity index (χ3v) is 6.17. The summed E-state index contributed by atoms with van der Waals surface area (Å²) in [6.45, 7) is 0.912. The highest BCUT2D eigenvalue weighted by molar-refractivity contribution is 7.93. The topological polar surface area (TPSA) is 58.2 Å². The van der Waals surface area contributed by atoms with E-state index in [0.717, 1.165) is 57.2 Å². The number of nitrogens with one attached hydrogen (secondary N) is 2. The smallest absolute Gasteiger partial charge is 0.235 e. The summed E-state index contributed by atoms with van der Waals surface area (Å²) >= 11 is 0. The first-order valence-electron chi connectivity index (χ1n) is 7.54. The largest absolute Gasteiger partial charge is 0.383 e. The fourth-order valence-corrected chi connectivity index (χ4v) is 4.80. The molecule has 1 fully saturated rings. The van der Waals surface area contributed by atoms with Crippen LogP contribution in [0.15, 0.2) is 18.2 Å². The quantitative estimate of drug-likeness (QED) is 0.900. The molecule has 2 N–H and O–H groups in total. The van der Waals surface area contributed by atoms with Crippen LogP contribution in [0.2, 0.25) is 0 Å². The molecule has 20 heavy (non-hydrogen) atoms. The predicted octanol–water partition coefficient (Wildman–Crippen LogP) is 3.12. The van der Waals surface area contributed by atoms with Crippen LogP contribution in [0.3, 0.4) is 0 Å². The van der Waals surface area contributed by atoms with Gasteiger partial charge in [0, 0.05) is 6.54 Å². The van der Waals surface area contributed by atoms with E-state index >= 15 is 0 Å². The highest BCUT2D eigenvalue weighted by Crippen LogP contribution is 2.32. The molecule has 0 atom stereocenters. The summed E-state index contributed by atoms with van der Waals surface area (Å²) in [5.41, 5.74) is 2.89. The molecule has 1 aromatic rings. The van der Waals surface area contributed by atoms with Crippen molar-refractivity contribution in [2.45, 2.75) is 50.2 Å². The number of hydrogen-bond donors (Lipinski definition) is 2. The number of anilines is 2. The van der Waals surface area contributed by atoms with Gasteiger partial charge in [-0.05, 0) is 37.3 Å². The average molecular weight is 294 g/mol. The summed E-state index contributed by atoms with van der Waals surface area (Å²) in [6, 6.07) is 5.86. The summed E-state index contributed by atoms with van der Waals surface area (Å²) < 4.78 is 27.8. The van der Waals surface area contributed by atoms with Gasteiger partial charge in [0.15, 0.2) is 0 Å². The van der Waals surface area contributed by atoms with Crippen molar-refractivity contribution in [1.29, 1.82) is 0 Å². The Hall–Kier alpha value is -1.23. The SMILES string of the molecule is O=S(=O)(Nc1cccc2c1NCCC2)C1CCCCC1. The van der Waals surface area contributed by atoms with Gasteiger partial charge in [0.25, 0.3) is 0 Å². The number of benzene rings is 1. The standard InChI is InChI=1S/C15H22N2O2S/c18-20(19,13-8-2-1-3-9-13)17-14-10-4-6-12-7-5-11-16-15(12)14/h4,6,10,13,16-17H,1-3,5,7-9,11H2. The lowest BCUT2D eigenvalue weighted by Crippen LogP contribution is -2.30. The Bertz CT molecular complexity index is 578. The van der Waals surface area contributed by atoms with Gasteiger partial charge in [0.1, 0.15) is 0 Å². The minimum Gasteiger partial charge on any atom is -0.383 e. The summed E-state index contributed by atoms with van der Waals surface area (Å²) in [6.07, 6.45) is 6.91. The third-order valence-electron chi connectivity index (χ3n) is 4.32.